The molecule has 8 aliphatic rings. The van der Waals surface area contributed by atoms with Gasteiger partial charge < -0.3 is 38.2 Å². The number of Topliss-reactive ketones (excluding diaryl/α,β-unsaturated/α-hetero) is 2. The predicted octanol–water partition coefficient (Wildman–Crippen LogP) is 11.6. The number of methoxy groups -OCH3 is 2. The summed E-state index contributed by atoms with van der Waals surface area (Å²) in [4.78, 5) is 41.7. The molecule has 2 saturated carbocycles. The summed E-state index contributed by atoms with van der Waals surface area (Å²) in [6.45, 7) is 9.85. The van der Waals surface area contributed by atoms with E-state index in [1.807, 2.05) is 30.3 Å². The number of nitrogens with zero attached hydrogens (tertiary/aromatic N) is 2. The van der Waals surface area contributed by atoms with Crippen molar-refractivity contribution in [2.24, 2.45) is 23.7 Å². The van der Waals surface area contributed by atoms with Crippen LogP contribution >= 0.6 is 23.2 Å². The third-order valence-electron chi connectivity index (χ3n) is 18.2. The standard InChI is InChI=1S/C31H36ClNO4.C30H34ClNO5/c1-20(35-2)21-6-10-29-28(15-21)33(17-23-5-8-26(23)30-16-25(34)11-13-36-30)18-31(19-37-29)12-3-4-22-14-24(32)7-9-27(22)31;1-35-29(34)20-5-9-27-26(14-20)32(16-21-4-7-24(21)28-15-23(33)10-12-36-28)17-30(18-37-27)11-2-3-19-13-22(31)6-8-25(19)30/h6-7,9-10,14-15,23,26,30H,1,3-5,8,11-13,16-19H2,2H3;5-6,8-9,13-14,21,24,28H,2-4,7,10-12,15-18H2,1H3/t23-,26+,30-,31-;21-,24+,28+,30-/m00/s1. The monoisotopic (exact) mass is 1040 g/mol. The topological polar surface area (TPSA) is 113 Å². The first-order valence-corrected chi connectivity index (χ1v) is 27.9. The lowest BCUT2D eigenvalue weighted by atomic mass is 9.67. The number of aryl methyl sites for hydroxylation is 2. The maximum Gasteiger partial charge on any atom is 0.337 e. The molecule has 4 fully saturated rings. The Morgan fingerprint density at radius 2 is 1.12 bits per heavy atom. The van der Waals surface area contributed by atoms with E-state index in [9.17, 15) is 14.4 Å². The Morgan fingerprint density at radius 3 is 1.57 bits per heavy atom. The number of halogens is 2. The van der Waals surface area contributed by atoms with E-state index in [2.05, 4.69) is 52.8 Å². The lowest BCUT2D eigenvalue weighted by Gasteiger charge is -2.47. The molecule has 0 bridgehead atoms. The van der Waals surface area contributed by atoms with Gasteiger partial charge in [0.05, 0.1) is 69.8 Å². The largest absolute Gasteiger partial charge is 0.497 e. The highest BCUT2D eigenvalue weighted by Crippen LogP contribution is 2.50. The Morgan fingerprint density at radius 1 is 0.635 bits per heavy atom. The summed E-state index contributed by atoms with van der Waals surface area (Å²) in [5.74, 6) is 4.39. The van der Waals surface area contributed by atoms with Gasteiger partial charge in [-0.1, -0.05) is 41.9 Å². The van der Waals surface area contributed by atoms with Crippen molar-refractivity contribution < 1.29 is 42.8 Å². The summed E-state index contributed by atoms with van der Waals surface area (Å²) in [5, 5.41) is 1.57. The molecule has 4 aromatic rings. The minimum atomic E-state index is -0.352. The number of esters is 1. The molecular formula is C61H70Cl2N2O9. The van der Waals surface area contributed by atoms with Gasteiger partial charge in [0, 0.05) is 78.3 Å². The second-order valence-electron chi connectivity index (χ2n) is 22.5. The van der Waals surface area contributed by atoms with E-state index < -0.39 is 0 Å². The number of benzene rings is 4. The molecule has 392 valence electrons. The Bertz CT molecular complexity index is 2610. The fourth-order valence-electron chi connectivity index (χ4n) is 13.9. The van der Waals surface area contributed by atoms with Crippen LogP contribution in [0.4, 0.5) is 11.4 Å². The molecule has 4 aliphatic heterocycles. The Kier molecular flexibility index (Phi) is 14.8. The van der Waals surface area contributed by atoms with Crippen molar-refractivity contribution >= 4 is 57.9 Å². The van der Waals surface area contributed by atoms with Crippen LogP contribution in [0.5, 0.6) is 11.5 Å². The van der Waals surface area contributed by atoms with Crippen LogP contribution in [0.25, 0.3) is 5.76 Å². The average molecular weight is 1050 g/mol. The number of fused-ring (bicyclic) bond motifs is 6. The van der Waals surface area contributed by atoms with Gasteiger partial charge in [0.25, 0.3) is 0 Å². The van der Waals surface area contributed by atoms with Crippen LogP contribution in [0.1, 0.15) is 115 Å². The molecule has 2 saturated heterocycles. The van der Waals surface area contributed by atoms with Gasteiger partial charge in [-0.2, -0.15) is 0 Å². The van der Waals surface area contributed by atoms with E-state index in [1.165, 1.54) is 29.4 Å². The highest BCUT2D eigenvalue weighted by molar-refractivity contribution is 6.31. The van der Waals surface area contributed by atoms with E-state index in [-0.39, 0.29) is 29.0 Å². The lowest BCUT2D eigenvalue weighted by molar-refractivity contribution is -0.136. The molecule has 0 unspecified atom stereocenters. The van der Waals surface area contributed by atoms with E-state index in [1.54, 1.807) is 13.2 Å². The average Bonchev–Trinajstić information content (AvgIpc) is 3.63. The predicted molar refractivity (Wildman–Crippen MR) is 288 cm³/mol. The highest BCUT2D eigenvalue weighted by Gasteiger charge is 2.47. The molecule has 0 radical (unpaired) electrons. The summed E-state index contributed by atoms with van der Waals surface area (Å²) in [5.41, 5.74) is 8.59. The quantitative estimate of drug-likeness (QED) is 0.118. The third-order valence-corrected chi connectivity index (χ3v) is 18.6. The number of ketones is 2. The summed E-state index contributed by atoms with van der Waals surface area (Å²) < 4.78 is 35.8. The van der Waals surface area contributed by atoms with Gasteiger partial charge in [0.15, 0.2) is 0 Å². The summed E-state index contributed by atoms with van der Waals surface area (Å²) >= 11 is 12.8. The van der Waals surface area contributed by atoms with E-state index in [4.69, 9.17) is 51.6 Å². The smallest absolute Gasteiger partial charge is 0.337 e. The molecule has 4 aliphatic carbocycles. The molecule has 13 heteroatoms. The van der Waals surface area contributed by atoms with Gasteiger partial charge in [-0.3, -0.25) is 9.59 Å². The van der Waals surface area contributed by atoms with Crippen LogP contribution in [0, 0.1) is 23.7 Å². The molecule has 4 heterocycles. The Labute approximate surface area is 446 Å². The van der Waals surface area contributed by atoms with Crippen LogP contribution in [0.2, 0.25) is 10.0 Å². The van der Waals surface area contributed by atoms with Gasteiger partial charge in [-0.05, 0) is 171 Å². The first kappa shape index (κ1) is 51.1. The van der Waals surface area contributed by atoms with Gasteiger partial charge in [0.2, 0.25) is 0 Å². The van der Waals surface area contributed by atoms with Gasteiger partial charge >= 0.3 is 5.97 Å². The summed E-state index contributed by atoms with van der Waals surface area (Å²) in [7, 11) is 3.07. The van der Waals surface area contributed by atoms with Crippen molar-refractivity contribution in [3.8, 4) is 11.5 Å². The first-order valence-electron chi connectivity index (χ1n) is 27.1. The molecule has 0 amide bonds. The van der Waals surface area contributed by atoms with Crippen molar-refractivity contribution in [1.82, 2.24) is 0 Å². The molecule has 8 atom stereocenters. The van der Waals surface area contributed by atoms with E-state index in [0.29, 0.717) is 98.7 Å². The van der Waals surface area contributed by atoms with Crippen LogP contribution < -0.4 is 19.3 Å². The highest BCUT2D eigenvalue weighted by atomic mass is 35.5. The summed E-state index contributed by atoms with van der Waals surface area (Å²) in [6, 6.07) is 24.5. The molecule has 2 spiro atoms. The maximum atomic E-state index is 12.4. The van der Waals surface area contributed by atoms with E-state index in [0.717, 1.165) is 129 Å². The molecule has 0 N–H and O–H groups in total. The molecule has 11 nitrogen and oxygen atoms in total. The molecule has 4 aromatic carbocycles. The Hall–Kier alpha value is -5.07. The van der Waals surface area contributed by atoms with Crippen LogP contribution in [0.15, 0.2) is 79.4 Å². The fraction of sp³-hybridized carbons (Fsp3) is 0.525. The number of hydrogen-bond acceptors (Lipinski definition) is 11. The van der Waals surface area contributed by atoms with Crippen molar-refractivity contribution in [3.05, 3.63) is 123 Å². The molecule has 74 heavy (non-hydrogen) atoms. The fourth-order valence-corrected chi connectivity index (χ4v) is 14.3. The maximum absolute atomic E-state index is 12.4. The van der Waals surface area contributed by atoms with Crippen LogP contribution in [0.3, 0.4) is 0 Å². The third kappa shape index (κ3) is 10.2. The first-order chi connectivity index (χ1) is 35.9. The normalized spacial score (nSPS) is 29.0. The number of hydrogen-bond donors (Lipinski definition) is 0. The van der Waals surface area contributed by atoms with Gasteiger partial charge in [-0.15, -0.1) is 0 Å². The molecular weight excluding hydrogens is 976 g/mol. The molecule has 12 rings (SSSR count). The second-order valence-corrected chi connectivity index (χ2v) is 23.4. The van der Waals surface area contributed by atoms with Gasteiger partial charge in [0.1, 0.15) is 28.8 Å². The van der Waals surface area contributed by atoms with Crippen molar-refractivity contribution in [2.75, 3.05) is 76.6 Å². The Balaban J connectivity index is 0.000000159. The SMILES string of the molecule is C=C(OC)c1ccc2c(c1)N(C[C@@H]1CC[C@H]1[C@@H]1CC(=O)CCO1)C[C@@]1(CCCc3cc(Cl)ccc31)CO2.COC(=O)c1ccc2c(c1)N(C[C@@H]1CC[C@H]1[C@H]1CC(=O)CCO1)C[C@@]1(CCCc3cc(Cl)ccc31)CO2. The van der Waals surface area contributed by atoms with Crippen molar-refractivity contribution in [3.63, 3.8) is 0 Å². The van der Waals surface area contributed by atoms with Crippen LogP contribution in [-0.2, 0) is 52.2 Å². The zero-order valence-corrected chi connectivity index (χ0v) is 44.5. The lowest BCUT2D eigenvalue weighted by Crippen LogP contribution is -2.50. The van der Waals surface area contributed by atoms with Crippen molar-refractivity contribution in [2.45, 2.75) is 113 Å². The number of carbonyl (C=O) groups is 3. The van der Waals surface area contributed by atoms with Crippen LogP contribution in [-0.4, -0.2) is 96.6 Å². The number of ether oxygens (including phenoxy) is 6. The van der Waals surface area contributed by atoms with E-state index >= 15 is 0 Å². The minimum Gasteiger partial charge on any atom is -0.497 e. The number of anilines is 2. The minimum absolute atomic E-state index is 0.0237. The zero-order chi connectivity index (χ0) is 51.1. The zero-order valence-electron chi connectivity index (χ0n) is 43.0. The van der Waals surface area contributed by atoms with Crippen molar-refractivity contribution in [1.29, 1.82) is 0 Å². The number of carbonyl (C=O) groups excluding carboxylic acids is 3. The summed E-state index contributed by atoms with van der Waals surface area (Å²) in [6.07, 6.45) is 13.2. The molecule has 0 aromatic heterocycles. The second kappa shape index (κ2) is 21.5. The number of rotatable bonds is 9. The van der Waals surface area contributed by atoms with Gasteiger partial charge in [-0.25, -0.2) is 4.79 Å².